The van der Waals surface area contributed by atoms with Gasteiger partial charge in [0.1, 0.15) is 11.2 Å². The summed E-state index contributed by atoms with van der Waals surface area (Å²) in [6.07, 6.45) is 0. The van der Waals surface area contributed by atoms with E-state index in [4.69, 9.17) is 29.1 Å². The molecule has 49 heavy (non-hydrogen) atoms. The lowest BCUT2D eigenvalue weighted by molar-refractivity contribution is 0.669. The fraction of sp³-hybridized carbons (Fsp3) is 0. The molecule has 0 bridgehead atoms. The smallest absolute Gasteiger partial charge is 0.135 e. The minimum atomic E-state index is -1.09. The Morgan fingerprint density at radius 3 is 1.22 bits per heavy atom. The van der Waals surface area contributed by atoms with E-state index < -0.39 is 280 Å². The van der Waals surface area contributed by atoms with Crippen LogP contribution in [0.3, 0.4) is 0 Å². The van der Waals surface area contributed by atoms with Crippen LogP contribution in [0, 0.1) is 0 Å². The monoisotopic (exact) mass is 652 g/mol. The number of benzene rings is 9. The Morgan fingerprint density at radius 1 is 0.286 bits per heavy atom. The molecule has 0 aliphatic carbocycles. The molecule has 0 saturated heterocycles. The van der Waals surface area contributed by atoms with Gasteiger partial charge in [0.05, 0.1) is 41.1 Å². The fourth-order valence-electron chi connectivity index (χ4n) is 5.65. The molecule has 0 saturated carbocycles. The zero-order valence-corrected chi connectivity index (χ0v) is 24.4. The minimum Gasteiger partial charge on any atom is -0.456 e. The molecular weight excluding hydrogens is 593 g/mol. The predicted octanol–water partition coefficient (Wildman–Crippen LogP) is 13.7. The van der Waals surface area contributed by atoms with Crippen molar-refractivity contribution in [3.05, 3.63) is 181 Å². The maximum absolute atomic E-state index is 9.76. The van der Waals surface area contributed by atoms with Crippen LogP contribution in [0.2, 0.25) is 0 Å². The molecule has 1 nitrogen and oxygen atoms in total. The highest BCUT2D eigenvalue weighted by molar-refractivity contribution is 6.21. The van der Waals surface area contributed by atoms with Crippen LogP contribution in [-0.4, -0.2) is 0 Å². The van der Waals surface area contributed by atoms with Gasteiger partial charge in [0, 0.05) is 10.8 Å². The van der Waals surface area contributed by atoms with Crippen LogP contribution < -0.4 is 0 Å². The lowest BCUT2D eigenvalue weighted by Crippen LogP contribution is -1.90. The van der Waals surface area contributed by atoms with E-state index in [2.05, 4.69) is 0 Å². The highest BCUT2D eigenvalue weighted by atomic mass is 16.3. The van der Waals surface area contributed by atoms with E-state index in [1.807, 2.05) is 0 Å². The van der Waals surface area contributed by atoms with Crippen molar-refractivity contribution < 1.29 is 45.5 Å². The summed E-state index contributed by atoms with van der Waals surface area (Å²) in [6, 6.07) is -28.2. The van der Waals surface area contributed by atoms with Crippen LogP contribution in [0.25, 0.3) is 98.8 Å². The zero-order valence-electron chi connectivity index (χ0n) is 54.4. The maximum Gasteiger partial charge on any atom is 0.135 e. The molecule has 0 aliphatic heterocycles. The van der Waals surface area contributed by atoms with Gasteiger partial charge in [-0.15, -0.1) is 0 Å². The summed E-state index contributed by atoms with van der Waals surface area (Å²) in [5.41, 5.74) is -7.21. The van der Waals surface area contributed by atoms with E-state index in [1.54, 1.807) is 0 Å². The summed E-state index contributed by atoms with van der Waals surface area (Å²) in [7, 11) is 0. The first-order chi connectivity index (χ1) is 36.8. The van der Waals surface area contributed by atoms with Crippen molar-refractivity contribution in [3.8, 4) is 44.5 Å². The Hall–Kier alpha value is -6.44. The van der Waals surface area contributed by atoms with Gasteiger partial charge in [-0.05, 0) is 113 Å². The first-order valence-electron chi connectivity index (χ1n) is 29.4. The van der Waals surface area contributed by atoms with Crippen LogP contribution in [-0.2, 0) is 0 Å². The number of fused-ring (bicyclic) bond motifs is 6. The van der Waals surface area contributed by atoms with Crippen LogP contribution in [0.5, 0.6) is 0 Å². The maximum atomic E-state index is 9.76. The first-order valence-corrected chi connectivity index (χ1v) is 14.4. The van der Waals surface area contributed by atoms with Crippen LogP contribution in [0.4, 0.5) is 0 Å². The fourth-order valence-corrected chi connectivity index (χ4v) is 5.65. The summed E-state index contributed by atoms with van der Waals surface area (Å²) in [5.74, 6) is 0. The summed E-state index contributed by atoms with van der Waals surface area (Å²) in [4.78, 5) is 0. The van der Waals surface area contributed by atoms with E-state index in [0.717, 1.165) is 0 Å². The summed E-state index contributed by atoms with van der Waals surface area (Å²) in [6.45, 7) is 0. The molecule has 0 radical (unpaired) electrons. The lowest BCUT2D eigenvalue weighted by atomic mass is 9.85. The van der Waals surface area contributed by atoms with Crippen molar-refractivity contribution in [2.24, 2.45) is 0 Å². The molecule has 0 spiro atoms. The van der Waals surface area contributed by atoms with Gasteiger partial charge >= 0.3 is 0 Å². The van der Waals surface area contributed by atoms with Gasteiger partial charge in [-0.1, -0.05) is 145 Å². The molecule has 0 amide bonds. The highest BCUT2D eigenvalue weighted by Gasteiger charge is 2.17. The lowest BCUT2D eigenvalue weighted by Gasteiger charge is -2.18. The Kier molecular flexibility index (Phi) is 2.50. The number of furan rings is 1. The number of rotatable bonds is 4. The quantitative estimate of drug-likeness (QED) is 0.172. The Bertz CT molecular complexity index is 4460. The average Bonchev–Trinajstić information content (AvgIpc) is 4.06. The molecule has 9 aromatic carbocycles. The standard InChI is InChI=1S/C48H30O/c1-3-11-31(12-4-1)36-23-25-45-43(29-36)44-30-37(24-26-46(44)49-45)34-19-20-35-28-38(22-21-33(35)27-34)48-41-17-9-7-15-39(41)47(32-13-5-2-6-14-32)40-16-8-10-18-42(40)48/h1-30H/i1D,2D,3D,4D,5D,6D,7D,8D,9D,10D,11D,12D,13D,14D,15D,16D,17D,18D,19D,20D,21D,22D,23D,24D,25D,26D,27D,28D,29D,30D. The normalized spacial score (nSPS) is 20.2. The number of hydrogen-bond donors (Lipinski definition) is 0. The third-order valence-electron chi connectivity index (χ3n) is 7.76. The van der Waals surface area contributed by atoms with Crippen molar-refractivity contribution in [1.82, 2.24) is 0 Å². The molecule has 0 unspecified atom stereocenters. The van der Waals surface area contributed by atoms with Gasteiger partial charge in [-0.25, -0.2) is 0 Å². The minimum absolute atomic E-state index is 0.525. The molecule has 10 rings (SSSR count). The van der Waals surface area contributed by atoms with E-state index in [0.29, 0.717) is 0 Å². The van der Waals surface area contributed by atoms with Crippen molar-refractivity contribution in [1.29, 1.82) is 0 Å². The molecule has 0 aliphatic rings. The van der Waals surface area contributed by atoms with Crippen LogP contribution >= 0.6 is 0 Å². The molecule has 10 aromatic rings. The Balaban J connectivity index is 1.37. The van der Waals surface area contributed by atoms with E-state index in [1.165, 1.54) is 0 Å². The van der Waals surface area contributed by atoms with Gasteiger partial charge in [-0.2, -0.15) is 0 Å². The highest BCUT2D eigenvalue weighted by Crippen LogP contribution is 2.44. The van der Waals surface area contributed by atoms with Crippen molar-refractivity contribution in [2.75, 3.05) is 0 Å². The van der Waals surface area contributed by atoms with Crippen molar-refractivity contribution >= 4 is 54.3 Å². The molecule has 228 valence electrons. The first kappa shape index (κ1) is 11.1. The second-order valence-corrected chi connectivity index (χ2v) is 10.5. The SMILES string of the molecule is [2H]c1c([2H])c([2H])c(-c2c([2H])c([2H])c3oc4c([2H])c([2H])c(-c5c([2H])c([2H])c6c([2H])c(-c7c8c([2H])c([2H])c([2H])c([2H])c8c(-c8c([2H])c([2H])c([2H])c([2H])c8[2H])c8c([2H])c([2H])c([2H])c([2H])c78)c([2H])c([2H])c6c5[2H])c([2H])c4c3c2[2H])c([2H])c1[2H]. The van der Waals surface area contributed by atoms with Crippen LogP contribution in [0.15, 0.2) is 186 Å². The van der Waals surface area contributed by atoms with Gasteiger partial charge in [-0.3, -0.25) is 0 Å². The molecule has 1 aromatic heterocycles. The van der Waals surface area contributed by atoms with E-state index >= 15 is 0 Å². The van der Waals surface area contributed by atoms with Crippen molar-refractivity contribution in [3.63, 3.8) is 0 Å². The third kappa shape index (κ3) is 4.55. The van der Waals surface area contributed by atoms with Crippen LogP contribution in [0.1, 0.15) is 41.1 Å². The molecule has 0 atom stereocenters. The van der Waals surface area contributed by atoms with E-state index in [-0.39, 0.29) is 0 Å². The van der Waals surface area contributed by atoms with Gasteiger partial charge in [0.25, 0.3) is 0 Å². The summed E-state index contributed by atoms with van der Waals surface area (Å²) < 4.78 is 274. The molecule has 1 heteroatoms. The topological polar surface area (TPSA) is 13.1 Å². The average molecular weight is 653 g/mol. The van der Waals surface area contributed by atoms with Gasteiger partial charge in [0.2, 0.25) is 0 Å². The second kappa shape index (κ2) is 11.1. The molecule has 0 N–H and O–H groups in total. The third-order valence-corrected chi connectivity index (χ3v) is 7.76. The Labute approximate surface area is 326 Å². The second-order valence-electron chi connectivity index (χ2n) is 10.5. The number of hydrogen-bond acceptors (Lipinski definition) is 1. The molecule has 0 fully saturated rings. The summed E-state index contributed by atoms with van der Waals surface area (Å²) in [5, 5.41) is -5.52. The summed E-state index contributed by atoms with van der Waals surface area (Å²) >= 11 is 0. The largest absolute Gasteiger partial charge is 0.456 e. The van der Waals surface area contributed by atoms with Crippen molar-refractivity contribution in [2.45, 2.75) is 0 Å². The predicted molar refractivity (Wildman–Crippen MR) is 208 cm³/mol. The van der Waals surface area contributed by atoms with Gasteiger partial charge < -0.3 is 4.42 Å². The molecular formula is C48H30O. The Morgan fingerprint density at radius 2 is 0.673 bits per heavy atom. The zero-order chi connectivity index (χ0) is 58.4. The van der Waals surface area contributed by atoms with E-state index in [9.17, 15) is 16.4 Å². The van der Waals surface area contributed by atoms with Gasteiger partial charge in [0.15, 0.2) is 0 Å². The molecule has 1 heterocycles.